The Morgan fingerprint density at radius 1 is 1.50 bits per heavy atom. The number of carbonyl (C=O) groups excluding carboxylic acids is 1. The van der Waals surface area contributed by atoms with E-state index in [-0.39, 0.29) is 17.3 Å². The first-order chi connectivity index (χ1) is 5.45. The van der Waals surface area contributed by atoms with Crippen molar-refractivity contribution in [3.8, 4) is 0 Å². The van der Waals surface area contributed by atoms with Gasteiger partial charge in [-0.2, -0.15) is 0 Å². The number of hydrogen-bond donors (Lipinski definition) is 1. The molecule has 1 amide bonds. The van der Waals surface area contributed by atoms with Crippen LogP contribution < -0.4 is 0 Å². The second-order valence-corrected chi connectivity index (χ2v) is 4.41. The summed E-state index contributed by atoms with van der Waals surface area (Å²) in [5.74, 6) is 0.534. The van der Waals surface area contributed by atoms with Crippen LogP contribution in [-0.2, 0) is 4.79 Å². The summed E-state index contributed by atoms with van der Waals surface area (Å²) < 4.78 is 0. The Balaban J connectivity index is 3.61. The lowest BCUT2D eigenvalue weighted by atomic mass is 10.3. The Morgan fingerprint density at radius 3 is 2.33 bits per heavy atom. The van der Waals surface area contributed by atoms with Gasteiger partial charge in [-0.15, -0.1) is 11.8 Å². The van der Waals surface area contributed by atoms with Crippen molar-refractivity contribution in [1.82, 2.24) is 4.90 Å². The lowest BCUT2D eigenvalue weighted by molar-refractivity contribution is -0.125. The van der Waals surface area contributed by atoms with Crippen molar-refractivity contribution < 1.29 is 9.90 Å². The highest BCUT2D eigenvalue weighted by Gasteiger charge is 2.12. The highest BCUT2D eigenvalue weighted by Crippen LogP contribution is 2.13. The van der Waals surface area contributed by atoms with Gasteiger partial charge in [0.2, 0.25) is 5.91 Å². The molecule has 0 bridgehead atoms. The van der Waals surface area contributed by atoms with E-state index in [0.29, 0.717) is 5.75 Å². The predicted octanol–water partition coefficient (Wildman–Crippen LogP) is 0.577. The normalized spacial score (nSPS) is 15.4. The van der Waals surface area contributed by atoms with Crippen LogP contribution in [-0.4, -0.2) is 47.1 Å². The van der Waals surface area contributed by atoms with Crippen LogP contribution in [0.15, 0.2) is 0 Å². The van der Waals surface area contributed by atoms with Crippen LogP contribution in [0.4, 0.5) is 0 Å². The number of carbonyl (C=O) groups is 1. The number of hydrogen-bond acceptors (Lipinski definition) is 3. The van der Waals surface area contributed by atoms with Gasteiger partial charge in [0.1, 0.15) is 0 Å². The van der Waals surface area contributed by atoms with Crippen molar-refractivity contribution in [2.45, 2.75) is 25.2 Å². The first-order valence-electron chi connectivity index (χ1n) is 3.95. The maximum atomic E-state index is 11.1. The predicted molar refractivity (Wildman–Crippen MR) is 52.3 cm³/mol. The molecule has 0 rings (SSSR count). The maximum absolute atomic E-state index is 11.1. The molecule has 0 aliphatic heterocycles. The summed E-state index contributed by atoms with van der Waals surface area (Å²) in [4.78, 5) is 12.7. The van der Waals surface area contributed by atoms with Gasteiger partial charge in [-0.25, -0.2) is 0 Å². The first kappa shape index (κ1) is 11.8. The van der Waals surface area contributed by atoms with Gasteiger partial charge in [-0.05, 0) is 6.92 Å². The summed E-state index contributed by atoms with van der Waals surface area (Å²) in [6, 6.07) is 0. The molecule has 4 heteroatoms. The average molecular weight is 191 g/mol. The molecule has 0 radical (unpaired) electrons. The quantitative estimate of drug-likeness (QED) is 0.706. The minimum absolute atomic E-state index is 0.0903. The number of aliphatic hydroxyl groups excluding tert-OH is 1. The summed E-state index contributed by atoms with van der Waals surface area (Å²) in [6.45, 7) is 3.65. The number of amides is 1. The minimum Gasteiger partial charge on any atom is -0.392 e. The molecule has 2 atom stereocenters. The molecule has 0 fully saturated rings. The van der Waals surface area contributed by atoms with E-state index in [9.17, 15) is 4.79 Å². The Hall–Kier alpha value is -0.220. The third kappa shape index (κ3) is 4.62. The van der Waals surface area contributed by atoms with Gasteiger partial charge in [0.15, 0.2) is 0 Å². The third-order valence-corrected chi connectivity index (χ3v) is 2.98. The zero-order chi connectivity index (χ0) is 9.72. The molecular weight excluding hydrogens is 174 g/mol. The first-order valence-corrected chi connectivity index (χ1v) is 5.00. The van der Waals surface area contributed by atoms with Crippen LogP contribution >= 0.6 is 11.8 Å². The van der Waals surface area contributed by atoms with Crippen LogP contribution in [0.2, 0.25) is 0 Å². The van der Waals surface area contributed by atoms with Gasteiger partial charge in [0.05, 0.1) is 11.9 Å². The van der Waals surface area contributed by atoms with E-state index in [4.69, 9.17) is 5.11 Å². The SMILES string of the molecule is CC(O)C(C)SCC(=O)N(C)C. The van der Waals surface area contributed by atoms with E-state index in [1.54, 1.807) is 25.9 Å². The Kier molecular flexibility index (Phi) is 5.33. The fraction of sp³-hybridized carbons (Fsp3) is 0.875. The zero-order valence-corrected chi connectivity index (χ0v) is 8.89. The van der Waals surface area contributed by atoms with Gasteiger partial charge in [-0.3, -0.25) is 4.79 Å². The van der Waals surface area contributed by atoms with E-state index in [1.807, 2.05) is 6.92 Å². The minimum atomic E-state index is -0.357. The van der Waals surface area contributed by atoms with Gasteiger partial charge in [0.25, 0.3) is 0 Å². The van der Waals surface area contributed by atoms with E-state index < -0.39 is 0 Å². The van der Waals surface area contributed by atoms with Gasteiger partial charge >= 0.3 is 0 Å². The van der Waals surface area contributed by atoms with Gasteiger partial charge in [0, 0.05) is 19.3 Å². The molecule has 1 N–H and O–H groups in total. The standard InChI is InChI=1S/C8H17NO2S/c1-6(10)7(2)12-5-8(11)9(3)4/h6-7,10H,5H2,1-4H3. The topological polar surface area (TPSA) is 40.5 Å². The van der Waals surface area contributed by atoms with Crippen LogP contribution in [0.1, 0.15) is 13.8 Å². The number of rotatable bonds is 4. The van der Waals surface area contributed by atoms with Crippen molar-refractivity contribution in [2.24, 2.45) is 0 Å². The lowest BCUT2D eigenvalue weighted by Crippen LogP contribution is -2.26. The van der Waals surface area contributed by atoms with E-state index in [2.05, 4.69) is 0 Å². The van der Waals surface area contributed by atoms with Crippen LogP contribution in [0.3, 0.4) is 0 Å². The van der Waals surface area contributed by atoms with Gasteiger partial charge in [-0.1, -0.05) is 6.92 Å². The number of nitrogens with zero attached hydrogens (tertiary/aromatic N) is 1. The Labute approximate surface area is 78.1 Å². The zero-order valence-electron chi connectivity index (χ0n) is 8.07. The van der Waals surface area contributed by atoms with Crippen LogP contribution in [0, 0.1) is 0 Å². The summed E-state index contributed by atoms with van der Waals surface area (Å²) in [5, 5.41) is 9.25. The Bertz CT molecular complexity index is 148. The van der Waals surface area contributed by atoms with Crippen LogP contribution in [0.25, 0.3) is 0 Å². The fourth-order valence-electron chi connectivity index (χ4n) is 0.471. The second-order valence-electron chi connectivity index (χ2n) is 3.04. The monoisotopic (exact) mass is 191 g/mol. The third-order valence-electron chi connectivity index (χ3n) is 1.65. The molecule has 0 aromatic rings. The van der Waals surface area contributed by atoms with E-state index in [0.717, 1.165) is 0 Å². The average Bonchev–Trinajstić information content (AvgIpc) is 1.98. The largest absolute Gasteiger partial charge is 0.392 e. The molecule has 0 aromatic carbocycles. The van der Waals surface area contributed by atoms with Crippen LogP contribution in [0.5, 0.6) is 0 Å². The number of aliphatic hydroxyl groups is 1. The molecule has 0 heterocycles. The smallest absolute Gasteiger partial charge is 0.232 e. The van der Waals surface area contributed by atoms with Gasteiger partial charge < -0.3 is 10.0 Å². The van der Waals surface area contributed by atoms with E-state index in [1.165, 1.54) is 11.8 Å². The summed E-state index contributed by atoms with van der Waals surface area (Å²) in [5.41, 5.74) is 0. The molecule has 12 heavy (non-hydrogen) atoms. The fourth-order valence-corrected chi connectivity index (χ4v) is 1.41. The van der Waals surface area contributed by atoms with E-state index >= 15 is 0 Å². The molecular formula is C8H17NO2S. The summed E-state index contributed by atoms with van der Waals surface area (Å²) in [6.07, 6.45) is -0.357. The molecule has 0 saturated heterocycles. The molecule has 0 spiro atoms. The molecule has 2 unspecified atom stereocenters. The molecule has 72 valence electrons. The van der Waals surface area contributed by atoms with Crippen molar-refractivity contribution >= 4 is 17.7 Å². The Morgan fingerprint density at radius 2 is 2.00 bits per heavy atom. The van der Waals surface area contributed by atoms with Crippen molar-refractivity contribution in [1.29, 1.82) is 0 Å². The molecule has 0 aliphatic carbocycles. The molecule has 0 aliphatic rings. The maximum Gasteiger partial charge on any atom is 0.232 e. The highest BCUT2D eigenvalue weighted by atomic mass is 32.2. The summed E-state index contributed by atoms with van der Waals surface area (Å²) in [7, 11) is 3.46. The second kappa shape index (κ2) is 5.43. The highest BCUT2D eigenvalue weighted by molar-refractivity contribution is 8.00. The van der Waals surface area contributed by atoms with Crippen molar-refractivity contribution in [3.05, 3.63) is 0 Å². The van der Waals surface area contributed by atoms with Crippen molar-refractivity contribution in [3.63, 3.8) is 0 Å². The molecule has 3 nitrogen and oxygen atoms in total. The summed E-state index contributed by atoms with van der Waals surface area (Å²) >= 11 is 1.48. The lowest BCUT2D eigenvalue weighted by Gasteiger charge is -2.15. The van der Waals surface area contributed by atoms with Crippen molar-refractivity contribution in [2.75, 3.05) is 19.8 Å². The molecule has 0 saturated carbocycles. The molecule has 0 aromatic heterocycles. The number of thioether (sulfide) groups is 1.